The average Bonchev–Trinajstić information content (AvgIpc) is 3.14. The number of hydrogen-bond acceptors (Lipinski definition) is 2. The van der Waals surface area contributed by atoms with Crippen LogP contribution in [0.1, 0.15) is 44.1 Å². The van der Waals surface area contributed by atoms with E-state index in [1.54, 1.807) is 13.0 Å². The Bertz CT molecular complexity index is 576. The molecule has 4 unspecified atom stereocenters. The standard InChI is InChI=1S/C17H21Cl2NO2/c1-10(21)7-12-3-2-6-20(12)17(22)14-9-13(14)11-4-5-15(18)16(19)8-11/h4-5,8,10,12-14,21H,2-3,6-7,9H2,1H3. The molecule has 2 fully saturated rings. The van der Waals surface area contributed by atoms with Gasteiger partial charge in [-0.15, -0.1) is 0 Å². The molecule has 0 aromatic heterocycles. The molecular formula is C17H21Cl2NO2. The molecule has 22 heavy (non-hydrogen) atoms. The summed E-state index contributed by atoms with van der Waals surface area (Å²) in [6.07, 6.45) is 3.24. The number of hydrogen-bond donors (Lipinski definition) is 1. The Morgan fingerprint density at radius 2 is 2.18 bits per heavy atom. The summed E-state index contributed by atoms with van der Waals surface area (Å²) in [7, 11) is 0. The number of carbonyl (C=O) groups is 1. The first-order valence-corrected chi connectivity index (χ1v) is 8.66. The Kier molecular flexibility index (Phi) is 4.67. The van der Waals surface area contributed by atoms with Gasteiger partial charge in [-0.05, 0) is 56.2 Å². The highest BCUT2D eigenvalue weighted by Crippen LogP contribution is 2.50. The summed E-state index contributed by atoms with van der Waals surface area (Å²) in [5.74, 6) is 0.557. The van der Waals surface area contributed by atoms with E-state index in [0.29, 0.717) is 16.5 Å². The smallest absolute Gasteiger partial charge is 0.226 e. The lowest BCUT2D eigenvalue weighted by atomic mass is 10.1. The number of likely N-dealkylation sites (tertiary alicyclic amines) is 1. The van der Waals surface area contributed by atoms with Crippen LogP contribution in [-0.2, 0) is 4.79 Å². The fourth-order valence-corrected chi connectivity index (χ4v) is 3.86. The normalized spacial score (nSPS) is 28.7. The first-order chi connectivity index (χ1) is 10.5. The van der Waals surface area contributed by atoms with Gasteiger partial charge >= 0.3 is 0 Å². The quantitative estimate of drug-likeness (QED) is 0.903. The summed E-state index contributed by atoms with van der Waals surface area (Å²) in [6.45, 7) is 2.61. The predicted octanol–water partition coefficient (Wildman–Crippen LogP) is 3.86. The Hall–Kier alpha value is -0.770. The fourth-order valence-electron chi connectivity index (χ4n) is 3.56. The zero-order chi connectivity index (χ0) is 15.9. The summed E-state index contributed by atoms with van der Waals surface area (Å²) in [4.78, 5) is 14.7. The minimum atomic E-state index is -0.358. The number of aliphatic hydroxyl groups excluding tert-OH is 1. The minimum absolute atomic E-state index is 0.0619. The number of amides is 1. The van der Waals surface area contributed by atoms with Crippen molar-refractivity contribution in [3.8, 4) is 0 Å². The van der Waals surface area contributed by atoms with E-state index in [9.17, 15) is 9.90 Å². The number of benzene rings is 1. The third-order valence-electron chi connectivity index (χ3n) is 4.75. The maximum Gasteiger partial charge on any atom is 0.226 e. The van der Waals surface area contributed by atoms with Crippen molar-refractivity contribution in [2.24, 2.45) is 5.92 Å². The Morgan fingerprint density at radius 1 is 1.41 bits per heavy atom. The maximum atomic E-state index is 12.7. The lowest BCUT2D eigenvalue weighted by Crippen LogP contribution is -2.38. The molecule has 1 aromatic carbocycles. The van der Waals surface area contributed by atoms with Crippen LogP contribution in [0, 0.1) is 5.92 Å². The van der Waals surface area contributed by atoms with Gasteiger partial charge in [0.1, 0.15) is 0 Å². The molecule has 2 aliphatic rings. The number of nitrogens with zero attached hydrogens (tertiary/aromatic N) is 1. The Balaban J connectivity index is 1.66. The van der Waals surface area contributed by atoms with Gasteiger partial charge in [-0.25, -0.2) is 0 Å². The monoisotopic (exact) mass is 341 g/mol. The van der Waals surface area contributed by atoms with E-state index in [2.05, 4.69) is 0 Å². The molecule has 1 aliphatic carbocycles. The molecule has 1 saturated carbocycles. The van der Waals surface area contributed by atoms with Crippen LogP contribution in [0.15, 0.2) is 18.2 Å². The summed E-state index contributed by atoms with van der Waals surface area (Å²) in [5.41, 5.74) is 1.10. The van der Waals surface area contributed by atoms with Gasteiger partial charge in [-0.2, -0.15) is 0 Å². The van der Waals surface area contributed by atoms with Crippen molar-refractivity contribution in [2.45, 2.75) is 50.7 Å². The average molecular weight is 342 g/mol. The van der Waals surface area contributed by atoms with E-state index in [4.69, 9.17) is 23.2 Å². The lowest BCUT2D eigenvalue weighted by molar-refractivity contribution is -0.133. The molecule has 1 saturated heterocycles. The first-order valence-electron chi connectivity index (χ1n) is 7.91. The van der Waals surface area contributed by atoms with Crippen molar-refractivity contribution >= 4 is 29.1 Å². The van der Waals surface area contributed by atoms with Crippen LogP contribution in [0.25, 0.3) is 0 Å². The van der Waals surface area contributed by atoms with Crippen molar-refractivity contribution in [1.29, 1.82) is 0 Å². The summed E-state index contributed by atoms with van der Waals surface area (Å²) < 4.78 is 0. The zero-order valence-corrected chi connectivity index (χ0v) is 14.1. The molecule has 0 spiro atoms. The van der Waals surface area contributed by atoms with Crippen molar-refractivity contribution in [2.75, 3.05) is 6.54 Å². The van der Waals surface area contributed by atoms with Crippen LogP contribution < -0.4 is 0 Å². The van der Waals surface area contributed by atoms with E-state index >= 15 is 0 Å². The molecule has 1 heterocycles. The van der Waals surface area contributed by atoms with Crippen LogP contribution in [-0.4, -0.2) is 34.6 Å². The van der Waals surface area contributed by atoms with E-state index < -0.39 is 0 Å². The van der Waals surface area contributed by atoms with Crippen LogP contribution in [0.2, 0.25) is 10.0 Å². The zero-order valence-electron chi connectivity index (χ0n) is 12.6. The van der Waals surface area contributed by atoms with Gasteiger partial charge in [0.25, 0.3) is 0 Å². The minimum Gasteiger partial charge on any atom is -0.393 e. The summed E-state index contributed by atoms with van der Waals surface area (Å²) in [6, 6.07) is 5.83. The van der Waals surface area contributed by atoms with Crippen LogP contribution in [0.4, 0.5) is 0 Å². The molecule has 1 N–H and O–H groups in total. The molecular weight excluding hydrogens is 321 g/mol. The lowest BCUT2D eigenvalue weighted by Gasteiger charge is -2.26. The molecule has 120 valence electrons. The Morgan fingerprint density at radius 3 is 2.86 bits per heavy atom. The summed E-state index contributed by atoms with van der Waals surface area (Å²) in [5, 5.41) is 10.7. The summed E-state index contributed by atoms with van der Waals surface area (Å²) >= 11 is 12.0. The van der Waals surface area contributed by atoms with Gasteiger partial charge in [0.15, 0.2) is 0 Å². The van der Waals surface area contributed by atoms with Gasteiger partial charge in [-0.1, -0.05) is 29.3 Å². The fraction of sp³-hybridized carbons (Fsp3) is 0.588. The van der Waals surface area contributed by atoms with Gasteiger partial charge < -0.3 is 10.0 Å². The molecule has 0 radical (unpaired) electrons. The molecule has 4 atom stereocenters. The number of carbonyl (C=O) groups excluding carboxylic acids is 1. The van der Waals surface area contributed by atoms with Gasteiger partial charge in [0.2, 0.25) is 5.91 Å². The molecule has 1 aliphatic heterocycles. The van der Waals surface area contributed by atoms with E-state index in [-0.39, 0.29) is 29.9 Å². The maximum absolute atomic E-state index is 12.7. The van der Waals surface area contributed by atoms with E-state index in [0.717, 1.165) is 31.4 Å². The van der Waals surface area contributed by atoms with E-state index in [1.165, 1.54) is 0 Å². The molecule has 3 rings (SSSR count). The largest absolute Gasteiger partial charge is 0.393 e. The molecule has 5 heteroatoms. The number of aliphatic hydroxyl groups is 1. The van der Waals surface area contributed by atoms with Crippen molar-refractivity contribution < 1.29 is 9.90 Å². The molecule has 3 nitrogen and oxygen atoms in total. The van der Waals surface area contributed by atoms with Crippen LogP contribution in [0.3, 0.4) is 0 Å². The predicted molar refractivity (Wildman–Crippen MR) is 88.3 cm³/mol. The highest BCUT2D eigenvalue weighted by molar-refractivity contribution is 6.42. The SMILES string of the molecule is CC(O)CC1CCCN1C(=O)C1CC1c1ccc(Cl)c(Cl)c1. The third kappa shape index (κ3) is 3.27. The Labute approximate surface area is 141 Å². The second kappa shape index (κ2) is 6.38. The van der Waals surface area contributed by atoms with Crippen LogP contribution >= 0.6 is 23.2 Å². The van der Waals surface area contributed by atoms with E-state index in [1.807, 2.05) is 17.0 Å². The van der Waals surface area contributed by atoms with Gasteiger partial charge in [0.05, 0.1) is 16.1 Å². The van der Waals surface area contributed by atoms with Gasteiger partial charge in [0, 0.05) is 18.5 Å². The highest BCUT2D eigenvalue weighted by atomic mass is 35.5. The third-order valence-corrected chi connectivity index (χ3v) is 5.49. The topological polar surface area (TPSA) is 40.5 Å². The van der Waals surface area contributed by atoms with Crippen molar-refractivity contribution in [1.82, 2.24) is 4.90 Å². The van der Waals surface area contributed by atoms with Crippen molar-refractivity contribution in [3.63, 3.8) is 0 Å². The highest BCUT2D eigenvalue weighted by Gasteiger charge is 2.47. The van der Waals surface area contributed by atoms with Gasteiger partial charge in [-0.3, -0.25) is 4.79 Å². The first kappa shape index (κ1) is 16.1. The molecule has 0 bridgehead atoms. The molecule has 1 amide bonds. The second-order valence-corrected chi connectivity index (χ2v) is 7.35. The second-order valence-electron chi connectivity index (χ2n) is 6.53. The van der Waals surface area contributed by atoms with Crippen molar-refractivity contribution in [3.05, 3.63) is 33.8 Å². The number of halogens is 2. The molecule has 1 aromatic rings. The number of rotatable bonds is 4. The van der Waals surface area contributed by atoms with Crippen LogP contribution in [0.5, 0.6) is 0 Å².